The maximum atomic E-state index is 12.0. The molecule has 0 aromatic heterocycles. The molecule has 1 fully saturated rings. The number of hydrogen-bond donors (Lipinski definition) is 0. The van der Waals surface area contributed by atoms with Crippen LogP contribution in [0.3, 0.4) is 0 Å². The van der Waals surface area contributed by atoms with Crippen molar-refractivity contribution < 1.29 is 9.53 Å². The topological polar surface area (TPSA) is 26.3 Å². The van der Waals surface area contributed by atoms with E-state index in [1.165, 1.54) is 24.8 Å². The van der Waals surface area contributed by atoms with E-state index >= 15 is 0 Å². The first kappa shape index (κ1) is 13.1. The molecule has 0 spiro atoms. The van der Waals surface area contributed by atoms with Gasteiger partial charge in [0.2, 0.25) is 0 Å². The minimum atomic E-state index is 0.238. The van der Waals surface area contributed by atoms with Crippen molar-refractivity contribution in [2.24, 2.45) is 5.92 Å². The molecule has 2 rings (SSSR count). The summed E-state index contributed by atoms with van der Waals surface area (Å²) in [6.45, 7) is 2.34. The number of carbonyl (C=O) groups is 1. The molecule has 1 aromatic rings. The van der Waals surface area contributed by atoms with Crippen molar-refractivity contribution in [1.29, 1.82) is 0 Å². The molecule has 1 saturated carbocycles. The Morgan fingerprint density at radius 3 is 2.67 bits per heavy atom. The Hall–Kier alpha value is -1.31. The minimum Gasteiger partial charge on any atom is -0.486 e. The zero-order valence-electron chi connectivity index (χ0n) is 11.2. The standard InChI is InChI=1S/C16H22O2/c1-2-13-8-6-7-11-16(13)18-12-15(17)14-9-4-3-5-10-14/h6-8,11,14H,2-5,9-10,12H2,1H3. The van der Waals surface area contributed by atoms with Crippen LogP contribution < -0.4 is 4.74 Å². The van der Waals surface area contributed by atoms with E-state index in [-0.39, 0.29) is 18.3 Å². The van der Waals surface area contributed by atoms with Gasteiger partial charge < -0.3 is 4.74 Å². The van der Waals surface area contributed by atoms with Crippen LogP contribution >= 0.6 is 0 Å². The van der Waals surface area contributed by atoms with Crippen LogP contribution in [0.4, 0.5) is 0 Å². The Kier molecular flexibility index (Phi) is 4.80. The van der Waals surface area contributed by atoms with Crippen LogP contribution in [0, 0.1) is 5.92 Å². The number of carbonyl (C=O) groups excluding carboxylic acids is 1. The molecular weight excluding hydrogens is 224 g/mol. The predicted octanol–water partition coefficient (Wildman–Crippen LogP) is 3.78. The van der Waals surface area contributed by atoms with Gasteiger partial charge in [0, 0.05) is 5.92 Å². The van der Waals surface area contributed by atoms with Crippen LogP contribution in [-0.4, -0.2) is 12.4 Å². The van der Waals surface area contributed by atoms with Gasteiger partial charge in [-0.15, -0.1) is 0 Å². The lowest BCUT2D eigenvalue weighted by atomic mass is 9.86. The molecule has 0 N–H and O–H groups in total. The lowest BCUT2D eigenvalue weighted by Crippen LogP contribution is -2.23. The van der Waals surface area contributed by atoms with Crippen LogP contribution in [0.1, 0.15) is 44.6 Å². The van der Waals surface area contributed by atoms with E-state index in [2.05, 4.69) is 13.0 Å². The summed E-state index contributed by atoms with van der Waals surface area (Å²) < 4.78 is 5.69. The largest absolute Gasteiger partial charge is 0.486 e. The van der Waals surface area contributed by atoms with Gasteiger partial charge in [0.1, 0.15) is 12.4 Å². The number of aryl methyl sites for hydroxylation is 1. The SMILES string of the molecule is CCc1ccccc1OCC(=O)C1CCCCC1. The average Bonchev–Trinajstić information content (AvgIpc) is 2.46. The lowest BCUT2D eigenvalue weighted by Gasteiger charge is -2.20. The number of ketones is 1. The summed E-state index contributed by atoms with van der Waals surface area (Å²) in [4.78, 5) is 12.0. The fourth-order valence-corrected chi connectivity index (χ4v) is 2.63. The van der Waals surface area contributed by atoms with Crippen LogP contribution in [0.25, 0.3) is 0 Å². The van der Waals surface area contributed by atoms with Crippen molar-refractivity contribution in [3.63, 3.8) is 0 Å². The van der Waals surface area contributed by atoms with E-state index in [9.17, 15) is 4.79 Å². The predicted molar refractivity (Wildman–Crippen MR) is 72.9 cm³/mol. The average molecular weight is 246 g/mol. The van der Waals surface area contributed by atoms with Crippen molar-refractivity contribution in [3.8, 4) is 5.75 Å². The van der Waals surface area contributed by atoms with Crippen LogP contribution in [0.5, 0.6) is 5.75 Å². The van der Waals surface area contributed by atoms with Gasteiger partial charge in [0.15, 0.2) is 5.78 Å². The second-order valence-electron chi connectivity index (χ2n) is 5.05. The first-order valence-corrected chi connectivity index (χ1v) is 7.04. The van der Waals surface area contributed by atoms with E-state index in [0.717, 1.165) is 25.0 Å². The second kappa shape index (κ2) is 6.58. The highest BCUT2D eigenvalue weighted by Gasteiger charge is 2.21. The number of rotatable bonds is 5. The number of Topliss-reactive ketones (excluding diaryl/α,β-unsaturated/α-hetero) is 1. The monoisotopic (exact) mass is 246 g/mol. The molecule has 0 atom stereocenters. The number of benzene rings is 1. The molecule has 0 heterocycles. The molecule has 2 heteroatoms. The zero-order valence-corrected chi connectivity index (χ0v) is 11.2. The van der Waals surface area contributed by atoms with Gasteiger partial charge in [-0.25, -0.2) is 0 Å². The Balaban J connectivity index is 1.88. The molecule has 98 valence electrons. The van der Waals surface area contributed by atoms with E-state index in [4.69, 9.17) is 4.74 Å². The number of para-hydroxylation sites is 1. The molecule has 0 amide bonds. The molecule has 0 unspecified atom stereocenters. The Bertz CT molecular complexity index is 392. The second-order valence-corrected chi connectivity index (χ2v) is 5.05. The third-order valence-corrected chi connectivity index (χ3v) is 3.78. The van der Waals surface area contributed by atoms with Gasteiger partial charge >= 0.3 is 0 Å². The fourth-order valence-electron chi connectivity index (χ4n) is 2.63. The number of ether oxygens (including phenoxy) is 1. The van der Waals surface area contributed by atoms with Gasteiger partial charge in [0.05, 0.1) is 0 Å². The quantitative estimate of drug-likeness (QED) is 0.790. The molecule has 0 saturated heterocycles. The van der Waals surface area contributed by atoms with Crippen molar-refractivity contribution in [3.05, 3.63) is 29.8 Å². The number of hydrogen-bond acceptors (Lipinski definition) is 2. The van der Waals surface area contributed by atoms with E-state index in [0.29, 0.717) is 0 Å². The van der Waals surface area contributed by atoms with E-state index < -0.39 is 0 Å². The summed E-state index contributed by atoms with van der Waals surface area (Å²) in [7, 11) is 0. The van der Waals surface area contributed by atoms with Gasteiger partial charge in [-0.2, -0.15) is 0 Å². The third-order valence-electron chi connectivity index (χ3n) is 3.78. The molecule has 1 aliphatic rings. The molecule has 2 nitrogen and oxygen atoms in total. The van der Waals surface area contributed by atoms with Crippen molar-refractivity contribution >= 4 is 5.78 Å². The van der Waals surface area contributed by atoms with Crippen LogP contribution in [0.15, 0.2) is 24.3 Å². The molecule has 1 aromatic carbocycles. The maximum absolute atomic E-state index is 12.0. The van der Waals surface area contributed by atoms with Gasteiger partial charge in [-0.05, 0) is 30.9 Å². The zero-order chi connectivity index (χ0) is 12.8. The first-order valence-electron chi connectivity index (χ1n) is 7.04. The molecular formula is C16H22O2. The Morgan fingerprint density at radius 1 is 1.22 bits per heavy atom. The molecule has 0 radical (unpaired) electrons. The molecule has 0 aliphatic heterocycles. The summed E-state index contributed by atoms with van der Waals surface area (Å²) >= 11 is 0. The smallest absolute Gasteiger partial charge is 0.173 e. The van der Waals surface area contributed by atoms with Crippen molar-refractivity contribution in [2.75, 3.05) is 6.61 Å². The molecule has 18 heavy (non-hydrogen) atoms. The highest BCUT2D eigenvalue weighted by Crippen LogP contribution is 2.25. The van der Waals surface area contributed by atoms with Crippen LogP contribution in [0.2, 0.25) is 0 Å². The van der Waals surface area contributed by atoms with Gasteiger partial charge in [0.25, 0.3) is 0 Å². The van der Waals surface area contributed by atoms with E-state index in [1.807, 2.05) is 18.2 Å². The van der Waals surface area contributed by atoms with E-state index in [1.54, 1.807) is 0 Å². The van der Waals surface area contributed by atoms with Crippen molar-refractivity contribution in [1.82, 2.24) is 0 Å². The first-order chi connectivity index (χ1) is 8.81. The Morgan fingerprint density at radius 2 is 1.94 bits per heavy atom. The molecule has 1 aliphatic carbocycles. The molecule has 0 bridgehead atoms. The third kappa shape index (κ3) is 3.34. The van der Waals surface area contributed by atoms with Gasteiger partial charge in [-0.3, -0.25) is 4.79 Å². The Labute approximate surface area is 109 Å². The summed E-state index contributed by atoms with van der Waals surface area (Å²) in [6.07, 6.45) is 6.72. The lowest BCUT2D eigenvalue weighted by molar-refractivity contribution is -0.125. The fraction of sp³-hybridized carbons (Fsp3) is 0.562. The summed E-state index contributed by atoms with van der Waals surface area (Å²) in [6, 6.07) is 7.97. The minimum absolute atomic E-state index is 0.238. The van der Waals surface area contributed by atoms with Gasteiger partial charge in [-0.1, -0.05) is 44.4 Å². The normalized spacial score (nSPS) is 16.5. The highest BCUT2D eigenvalue weighted by atomic mass is 16.5. The van der Waals surface area contributed by atoms with Crippen LogP contribution in [-0.2, 0) is 11.2 Å². The summed E-state index contributed by atoms with van der Waals surface area (Å²) in [5, 5.41) is 0. The highest BCUT2D eigenvalue weighted by molar-refractivity contribution is 5.82. The van der Waals surface area contributed by atoms with Crippen molar-refractivity contribution in [2.45, 2.75) is 45.4 Å². The summed E-state index contributed by atoms with van der Waals surface area (Å²) in [5.74, 6) is 1.39. The summed E-state index contributed by atoms with van der Waals surface area (Å²) in [5.41, 5.74) is 1.17. The maximum Gasteiger partial charge on any atom is 0.173 e.